The molecule has 8 aromatic rings. The van der Waals surface area contributed by atoms with Crippen LogP contribution >= 0.6 is 0 Å². The van der Waals surface area contributed by atoms with Crippen molar-refractivity contribution >= 4 is 52.8 Å². The molecule has 0 aliphatic carbocycles. The second-order valence-corrected chi connectivity index (χ2v) is 21.6. The fraction of sp³-hybridized carbons (Fsp3) is 0.268. The van der Waals surface area contributed by atoms with Crippen LogP contribution in [0.25, 0.3) is 22.3 Å². The number of methoxy groups -OCH3 is 2. The third-order valence-electron chi connectivity index (χ3n) is 14.7. The van der Waals surface area contributed by atoms with Gasteiger partial charge in [-0.25, -0.2) is 14.4 Å². The molecule has 3 heterocycles. The highest BCUT2D eigenvalue weighted by atomic mass is 16.8. The molecule has 0 radical (unpaired) electrons. The van der Waals surface area contributed by atoms with Gasteiger partial charge in [0.05, 0.1) is 43.6 Å². The summed E-state index contributed by atoms with van der Waals surface area (Å²) in [6.07, 6.45) is -15.9. The van der Waals surface area contributed by atoms with E-state index < -0.39 is 121 Å². The Morgan fingerprint density at radius 1 is 0.474 bits per heavy atom. The predicted molar refractivity (Wildman–Crippen MR) is 333 cm³/mol. The van der Waals surface area contributed by atoms with Gasteiger partial charge in [0.25, 0.3) is 0 Å². The summed E-state index contributed by atoms with van der Waals surface area (Å²) >= 11 is 0. The number of hydrogen-bond donors (Lipinski definition) is 0. The van der Waals surface area contributed by atoms with Gasteiger partial charge in [-0.15, -0.1) is 0 Å². The van der Waals surface area contributed by atoms with Crippen molar-refractivity contribution in [2.45, 2.75) is 103 Å². The number of ether oxygens (including phenoxy) is 15. The van der Waals surface area contributed by atoms with E-state index in [1.165, 1.54) is 87.9 Å². The van der Waals surface area contributed by atoms with Crippen LogP contribution in [0.15, 0.2) is 179 Å². The Balaban J connectivity index is 1.13. The van der Waals surface area contributed by atoms with Crippen LogP contribution in [-0.4, -0.2) is 118 Å². The third-order valence-corrected chi connectivity index (χ3v) is 14.7. The number of benzene rings is 7. The molecule has 9 atom stereocenters. The highest BCUT2D eigenvalue weighted by Crippen LogP contribution is 2.43. The van der Waals surface area contributed by atoms with Gasteiger partial charge < -0.3 is 75.5 Å². The van der Waals surface area contributed by atoms with Gasteiger partial charge in [0.1, 0.15) is 47.2 Å². The zero-order chi connectivity index (χ0) is 67.3. The molecular formula is C71H64O24. The molecule has 0 N–H and O–H groups in total. The quantitative estimate of drug-likeness (QED) is 0.0327. The minimum absolute atomic E-state index is 0.000873. The Morgan fingerprint density at radius 3 is 1.52 bits per heavy atom. The largest absolute Gasteiger partial charge is 0.497 e. The number of fused-ring (bicyclic) bond motifs is 1. The number of carbonyl (C=O) groups excluding carboxylic acids is 7. The van der Waals surface area contributed by atoms with Crippen LogP contribution in [0, 0.1) is 0 Å². The summed E-state index contributed by atoms with van der Waals surface area (Å²) in [5.74, 6) is -6.62. The monoisotopic (exact) mass is 1300 g/mol. The third kappa shape index (κ3) is 16.6. The van der Waals surface area contributed by atoms with E-state index in [9.17, 15) is 33.6 Å². The van der Waals surface area contributed by atoms with Gasteiger partial charge in [0, 0.05) is 45.4 Å². The van der Waals surface area contributed by atoms with Crippen molar-refractivity contribution in [3.8, 4) is 51.6 Å². The van der Waals surface area contributed by atoms with Crippen LogP contribution in [-0.2, 0) is 70.3 Å². The highest BCUT2D eigenvalue weighted by molar-refractivity contribution is 5.92. The molecule has 0 unspecified atom stereocenters. The van der Waals surface area contributed by atoms with Gasteiger partial charge in [0.2, 0.25) is 17.5 Å². The van der Waals surface area contributed by atoms with E-state index in [1.54, 1.807) is 103 Å². The van der Waals surface area contributed by atoms with E-state index >= 15 is 4.79 Å². The summed E-state index contributed by atoms with van der Waals surface area (Å²) in [7, 11) is 3.05. The number of hydrogen-bond acceptors (Lipinski definition) is 24. The number of esters is 7. The first-order valence-corrected chi connectivity index (χ1v) is 29.7. The topological polar surface area (TPSA) is 288 Å². The van der Waals surface area contributed by atoms with Gasteiger partial charge in [-0.2, -0.15) is 0 Å². The fourth-order valence-corrected chi connectivity index (χ4v) is 10.3. The molecule has 0 spiro atoms. The van der Waals surface area contributed by atoms with Crippen molar-refractivity contribution in [1.29, 1.82) is 0 Å². The Labute approximate surface area is 543 Å². The average Bonchev–Trinajstić information content (AvgIpc) is 0.757. The van der Waals surface area contributed by atoms with Crippen LogP contribution in [0.3, 0.4) is 0 Å². The highest BCUT2D eigenvalue weighted by Gasteiger charge is 2.56. The first-order valence-electron chi connectivity index (χ1n) is 29.7. The van der Waals surface area contributed by atoms with E-state index in [0.29, 0.717) is 22.6 Å². The second-order valence-electron chi connectivity index (χ2n) is 21.6. The van der Waals surface area contributed by atoms with E-state index in [4.69, 9.17) is 75.5 Å². The van der Waals surface area contributed by atoms with Crippen LogP contribution < -0.4 is 38.6 Å². The van der Waals surface area contributed by atoms with Crippen molar-refractivity contribution in [2.24, 2.45) is 0 Å². The number of carbonyl (C=O) groups is 7. The molecule has 0 bridgehead atoms. The van der Waals surface area contributed by atoms with Gasteiger partial charge >= 0.3 is 41.8 Å². The van der Waals surface area contributed by atoms with Crippen LogP contribution in [0.1, 0.15) is 76.8 Å². The Kier molecular flexibility index (Phi) is 21.5. The Morgan fingerprint density at radius 2 is 0.989 bits per heavy atom. The zero-order valence-corrected chi connectivity index (χ0v) is 52.3. The van der Waals surface area contributed by atoms with Crippen molar-refractivity contribution in [2.75, 3.05) is 20.8 Å². The van der Waals surface area contributed by atoms with Crippen LogP contribution in [0.2, 0.25) is 0 Å². The minimum Gasteiger partial charge on any atom is -0.497 e. The summed E-state index contributed by atoms with van der Waals surface area (Å²) in [4.78, 5) is 111. The molecule has 0 saturated carbocycles. The van der Waals surface area contributed by atoms with Gasteiger partial charge in [-0.3, -0.25) is 24.0 Å². The molecule has 95 heavy (non-hydrogen) atoms. The van der Waals surface area contributed by atoms with E-state index in [0.717, 1.165) is 27.7 Å². The minimum atomic E-state index is -2.02. The van der Waals surface area contributed by atoms with E-state index in [1.807, 2.05) is 0 Å². The SMILES string of the molecule is COc1ccc(COc2cc(OC(C)=O)c3c(=O)c(O[C@@H]4OC[C@H](OC(C)=O)[C@H](OC(C)=O)[C@H]4O[C@@H]4O[C@@H](C)[C@H](OC(=O)c5ccccc5)[C@@H](OC(=O)c5ccccc5)[C@H]4OC(=O)c4ccccc4)c(-c4ccc(OCc5ccc(OC)cc5)c(OC(C)=O)c4)oc3c2)cc1. The lowest BCUT2D eigenvalue weighted by atomic mass is 9.97. The molecule has 2 aliphatic rings. The molecule has 1 aromatic heterocycles. The molecule has 2 aliphatic heterocycles. The Hall–Kier alpha value is -11.1. The molecule has 24 heteroatoms. The summed E-state index contributed by atoms with van der Waals surface area (Å²) < 4.78 is 97.8. The van der Waals surface area contributed by atoms with Crippen molar-refractivity contribution in [1.82, 2.24) is 0 Å². The summed E-state index contributed by atoms with van der Waals surface area (Å²) in [6, 6.07) is 44.2. The second kappa shape index (κ2) is 30.6. The lowest BCUT2D eigenvalue weighted by molar-refractivity contribution is -0.343. The maximum absolute atomic E-state index is 15.8. The molecule has 10 rings (SSSR count). The normalized spacial score (nSPS) is 19.8. The molecule has 2 fully saturated rings. The average molecular weight is 1300 g/mol. The molecular weight excluding hydrogens is 1240 g/mol. The summed E-state index contributed by atoms with van der Waals surface area (Å²) in [5, 5.41) is -0.380. The zero-order valence-electron chi connectivity index (χ0n) is 52.3. The maximum Gasteiger partial charge on any atom is 0.338 e. The first kappa shape index (κ1) is 66.8. The maximum atomic E-state index is 15.8. The lowest BCUT2D eigenvalue weighted by Crippen LogP contribution is -2.65. The lowest BCUT2D eigenvalue weighted by Gasteiger charge is -2.47. The molecule has 24 nitrogen and oxygen atoms in total. The van der Waals surface area contributed by atoms with Crippen molar-refractivity contribution in [3.05, 3.63) is 208 Å². The smallest absolute Gasteiger partial charge is 0.338 e. The predicted octanol–water partition coefficient (Wildman–Crippen LogP) is 9.89. The molecule has 7 aromatic carbocycles. The molecule has 0 amide bonds. The fourth-order valence-electron chi connectivity index (χ4n) is 10.3. The standard InChI is InChI=1S/C71H64O24/c1-39-60(91-67(77)46-17-11-8-12-18-46)64(92-68(78)47-19-13-9-14-20-47)66(93-69(79)48-21-15-10-16-22-48)71(85-39)95-65-62(89-43(5)75)57(88-42(4)74)38-84-70(65)94-63-59(76)58-55(87-41(3)73)34-52(82-36-44-23-28-50(80-6)29-24-44)35-56(58)90-61(63)49-27-32-53(54(33-49)86-40(2)72)83-37-45-25-30-51(81-7)31-26-45/h8-35,39,57,60,62,64-66,70-71H,36-38H2,1-7H3/t39-,57-,60-,62-,64+,65+,66+,70-,71-/m0/s1. The van der Waals surface area contributed by atoms with Crippen molar-refractivity contribution in [3.63, 3.8) is 0 Å². The van der Waals surface area contributed by atoms with E-state index in [2.05, 4.69) is 0 Å². The first-order chi connectivity index (χ1) is 45.8. The Bertz CT molecular complexity index is 4120. The van der Waals surface area contributed by atoms with Crippen LogP contribution in [0.4, 0.5) is 0 Å². The van der Waals surface area contributed by atoms with E-state index in [-0.39, 0.29) is 69.4 Å². The molecule has 492 valence electrons. The van der Waals surface area contributed by atoms with Crippen LogP contribution in [0.5, 0.6) is 40.2 Å². The summed E-state index contributed by atoms with van der Waals surface area (Å²) in [6.45, 7) is 5.19. The number of rotatable bonds is 23. The van der Waals surface area contributed by atoms with Gasteiger partial charge in [0.15, 0.2) is 60.2 Å². The summed E-state index contributed by atoms with van der Waals surface area (Å²) in [5.41, 5.74) is 0.272. The van der Waals surface area contributed by atoms with Gasteiger partial charge in [-0.1, -0.05) is 78.9 Å². The molecule has 2 saturated heterocycles. The van der Waals surface area contributed by atoms with Gasteiger partial charge in [-0.05, 0) is 96.9 Å². The van der Waals surface area contributed by atoms with Crippen molar-refractivity contribution < 1.29 is 109 Å².